The average Bonchev–Trinajstić information content (AvgIpc) is 2.96. The minimum Gasteiger partial charge on any atom is -0.451 e. The minimum absolute atomic E-state index is 0.0300. The zero-order valence-electron chi connectivity index (χ0n) is 17.2. The van der Waals surface area contributed by atoms with Crippen molar-refractivity contribution in [2.24, 2.45) is 29.1 Å². The first-order valence-electron chi connectivity index (χ1n) is 10.9. The van der Waals surface area contributed by atoms with E-state index in [-0.39, 0.29) is 17.2 Å². The van der Waals surface area contributed by atoms with Gasteiger partial charge in [-0.2, -0.15) is 0 Å². The highest BCUT2D eigenvalue weighted by Gasteiger charge is 2.68. The molecule has 4 rings (SSSR count). The first-order valence-corrected chi connectivity index (χ1v) is 10.9. The van der Waals surface area contributed by atoms with E-state index in [1.165, 1.54) is 44.6 Å². The summed E-state index contributed by atoms with van der Waals surface area (Å²) in [5.74, 6) is 1.99. The van der Waals surface area contributed by atoms with Crippen LogP contribution < -0.4 is 0 Å². The van der Waals surface area contributed by atoms with Gasteiger partial charge in [-0.05, 0) is 88.4 Å². The van der Waals surface area contributed by atoms with Gasteiger partial charge in [0.1, 0.15) is 0 Å². The SMILES string of the molecule is C=C1C[C@@]2(CC)[C@@H](CC[C@]2(OC(C)=O)C(C)=O)[C@@H]2CCC3=CCCC[C@@H]3[C@@H]12. The molecule has 3 heteroatoms. The average molecular weight is 371 g/mol. The van der Waals surface area contributed by atoms with Crippen molar-refractivity contribution < 1.29 is 14.3 Å². The topological polar surface area (TPSA) is 43.4 Å². The van der Waals surface area contributed by atoms with E-state index < -0.39 is 5.60 Å². The van der Waals surface area contributed by atoms with Crippen LogP contribution in [-0.4, -0.2) is 17.4 Å². The van der Waals surface area contributed by atoms with Gasteiger partial charge in [-0.25, -0.2) is 0 Å². The van der Waals surface area contributed by atoms with E-state index in [4.69, 9.17) is 4.74 Å². The Morgan fingerprint density at radius 3 is 2.70 bits per heavy atom. The zero-order valence-corrected chi connectivity index (χ0v) is 17.2. The number of carbonyl (C=O) groups is 2. The molecular formula is C24H34O3. The largest absolute Gasteiger partial charge is 0.451 e. The Morgan fingerprint density at radius 2 is 2.04 bits per heavy atom. The van der Waals surface area contributed by atoms with E-state index >= 15 is 0 Å². The minimum atomic E-state index is -0.950. The van der Waals surface area contributed by atoms with Gasteiger partial charge >= 0.3 is 5.97 Å². The third-order valence-electron chi connectivity index (χ3n) is 8.63. The fourth-order valence-electron chi connectivity index (χ4n) is 7.78. The van der Waals surface area contributed by atoms with E-state index in [9.17, 15) is 9.59 Å². The van der Waals surface area contributed by atoms with E-state index in [0.29, 0.717) is 30.1 Å². The van der Waals surface area contributed by atoms with E-state index in [1.54, 1.807) is 12.5 Å². The molecule has 3 fully saturated rings. The molecule has 0 amide bonds. The maximum absolute atomic E-state index is 12.9. The molecule has 0 aromatic heterocycles. The number of ketones is 1. The van der Waals surface area contributed by atoms with Crippen LogP contribution in [0.25, 0.3) is 0 Å². The van der Waals surface area contributed by atoms with E-state index in [0.717, 1.165) is 19.3 Å². The van der Waals surface area contributed by atoms with Gasteiger partial charge in [0.15, 0.2) is 11.4 Å². The molecule has 3 nitrogen and oxygen atoms in total. The number of Topliss-reactive ketones (excluding diaryl/α,β-unsaturated/α-hetero) is 1. The maximum Gasteiger partial charge on any atom is 0.303 e. The van der Waals surface area contributed by atoms with Crippen LogP contribution in [0, 0.1) is 29.1 Å². The fourth-order valence-corrected chi connectivity index (χ4v) is 7.78. The third-order valence-corrected chi connectivity index (χ3v) is 8.63. The number of allylic oxidation sites excluding steroid dienone is 3. The van der Waals surface area contributed by atoms with E-state index in [2.05, 4.69) is 19.6 Å². The smallest absolute Gasteiger partial charge is 0.303 e. The summed E-state index contributed by atoms with van der Waals surface area (Å²) in [7, 11) is 0. The first-order chi connectivity index (χ1) is 12.9. The molecule has 6 atom stereocenters. The summed E-state index contributed by atoms with van der Waals surface area (Å²) in [5, 5.41) is 0. The second-order valence-corrected chi connectivity index (χ2v) is 9.51. The summed E-state index contributed by atoms with van der Waals surface area (Å²) in [6, 6.07) is 0. The predicted octanol–water partition coefficient (Wildman–Crippen LogP) is 5.40. The number of ether oxygens (including phenoxy) is 1. The molecule has 0 spiro atoms. The van der Waals surface area contributed by atoms with Gasteiger partial charge in [-0.3, -0.25) is 9.59 Å². The van der Waals surface area contributed by atoms with Crippen LogP contribution in [0.2, 0.25) is 0 Å². The van der Waals surface area contributed by atoms with Gasteiger partial charge in [0, 0.05) is 12.3 Å². The molecule has 0 radical (unpaired) electrons. The van der Waals surface area contributed by atoms with Gasteiger partial charge < -0.3 is 4.74 Å². The normalized spacial score (nSPS) is 43.2. The van der Waals surface area contributed by atoms with Crippen LogP contribution in [-0.2, 0) is 14.3 Å². The quantitative estimate of drug-likeness (QED) is 0.494. The Kier molecular flexibility index (Phi) is 4.63. The number of hydrogen-bond donors (Lipinski definition) is 0. The predicted molar refractivity (Wildman–Crippen MR) is 106 cm³/mol. The fraction of sp³-hybridized carbons (Fsp3) is 0.750. The lowest BCUT2D eigenvalue weighted by molar-refractivity contribution is -0.186. The summed E-state index contributed by atoms with van der Waals surface area (Å²) in [4.78, 5) is 24.9. The molecule has 0 unspecified atom stereocenters. The van der Waals surface area contributed by atoms with E-state index in [1.807, 2.05) is 0 Å². The van der Waals surface area contributed by atoms with Crippen molar-refractivity contribution in [1.82, 2.24) is 0 Å². The first kappa shape index (κ1) is 19.0. The second-order valence-electron chi connectivity index (χ2n) is 9.51. The lowest BCUT2D eigenvalue weighted by Gasteiger charge is -2.57. The molecule has 0 N–H and O–H groups in total. The Labute approximate surface area is 163 Å². The molecular weight excluding hydrogens is 336 g/mol. The summed E-state index contributed by atoms with van der Waals surface area (Å²) in [5.41, 5.74) is 1.77. The molecule has 0 aromatic carbocycles. The van der Waals surface area contributed by atoms with Crippen LogP contribution in [0.15, 0.2) is 23.8 Å². The second kappa shape index (κ2) is 6.60. The summed E-state index contributed by atoms with van der Waals surface area (Å²) < 4.78 is 5.92. The van der Waals surface area contributed by atoms with Gasteiger partial charge in [-0.15, -0.1) is 0 Å². The highest BCUT2D eigenvalue weighted by atomic mass is 16.6. The molecule has 0 saturated heterocycles. The standard InChI is InChI=1S/C24H34O3/c1-5-23-14-15(2)22-19-9-7-6-8-18(19)10-11-20(22)21(23)12-13-24(23,16(3)25)27-17(4)26/h8,19-22H,2,5-7,9-14H2,1,3-4H3/t19-,20-,21-,22+,23-,24-/m0/s1. The molecule has 0 aromatic rings. The van der Waals surface area contributed by atoms with Crippen molar-refractivity contribution >= 4 is 11.8 Å². The molecule has 4 aliphatic carbocycles. The molecule has 0 heterocycles. The Morgan fingerprint density at radius 1 is 1.26 bits per heavy atom. The lowest BCUT2D eigenvalue weighted by Crippen LogP contribution is -2.59. The summed E-state index contributed by atoms with van der Waals surface area (Å²) in [6.07, 6.45) is 12.1. The van der Waals surface area contributed by atoms with Crippen LogP contribution in [0.4, 0.5) is 0 Å². The Balaban J connectivity index is 1.77. The maximum atomic E-state index is 12.9. The Hall–Kier alpha value is -1.38. The monoisotopic (exact) mass is 370 g/mol. The highest BCUT2D eigenvalue weighted by Crippen LogP contribution is 2.68. The molecule has 27 heavy (non-hydrogen) atoms. The Bertz CT molecular complexity index is 704. The number of esters is 1. The van der Waals surface area contributed by atoms with Gasteiger partial charge in [0.05, 0.1) is 0 Å². The van der Waals surface area contributed by atoms with Crippen molar-refractivity contribution in [3.05, 3.63) is 23.8 Å². The molecule has 148 valence electrons. The van der Waals surface area contributed by atoms with Crippen molar-refractivity contribution in [2.75, 3.05) is 0 Å². The lowest BCUT2D eigenvalue weighted by atomic mass is 9.48. The van der Waals surface area contributed by atoms with Crippen LogP contribution >= 0.6 is 0 Å². The van der Waals surface area contributed by atoms with Crippen molar-refractivity contribution in [3.8, 4) is 0 Å². The van der Waals surface area contributed by atoms with Gasteiger partial charge in [0.2, 0.25) is 0 Å². The van der Waals surface area contributed by atoms with Crippen LogP contribution in [0.5, 0.6) is 0 Å². The number of hydrogen-bond acceptors (Lipinski definition) is 3. The van der Waals surface area contributed by atoms with Crippen molar-refractivity contribution in [1.29, 1.82) is 0 Å². The molecule has 3 saturated carbocycles. The number of rotatable bonds is 3. The number of fused-ring (bicyclic) bond motifs is 5. The van der Waals surface area contributed by atoms with Crippen LogP contribution in [0.1, 0.15) is 78.6 Å². The molecule has 4 aliphatic rings. The van der Waals surface area contributed by atoms with Crippen molar-refractivity contribution in [2.45, 2.75) is 84.2 Å². The third kappa shape index (κ3) is 2.53. The van der Waals surface area contributed by atoms with Crippen LogP contribution in [0.3, 0.4) is 0 Å². The van der Waals surface area contributed by atoms with Crippen molar-refractivity contribution in [3.63, 3.8) is 0 Å². The van der Waals surface area contributed by atoms with Gasteiger partial charge in [-0.1, -0.05) is 30.7 Å². The zero-order chi connectivity index (χ0) is 19.4. The molecule has 0 bridgehead atoms. The number of carbonyl (C=O) groups excluding carboxylic acids is 2. The van der Waals surface area contributed by atoms with Gasteiger partial charge in [0.25, 0.3) is 0 Å². The summed E-state index contributed by atoms with van der Waals surface area (Å²) in [6.45, 7) is 9.82. The summed E-state index contributed by atoms with van der Waals surface area (Å²) >= 11 is 0. The molecule has 0 aliphatic heterocycles. The highest BCUT2D eigenvalue weighted by molar-refractivity contribution is 5.89.